The molecule has 0 heterocycles. The van der Waals surface area contributed by atoms with E-state index < -0.39 is 0 Å². The maximum atomic E-state index is 5.69. The van der Waals surface area contributed by atoms with Gasteiger partial charge in [0.2, 0.25) is 0 Å². The molecule has 2 atom stereocenters. The zero-order valence-electron chi connectivity index (χ0n) is 13.4. The van der Waals surface area contributed by atoms with E-state index in [2.05, 4.69) is 12.2 Å². The lowest BCUT2D eigenvalue weighted by Gasteiger charge is -2.25. The molecule has 120 valence electrons. The number of hydrogen-bond donors (Lipinski definition) is 1. The summed E-state index contributed by atoms with van der Waals surface area (Å²) in [6, 6.07) is 0.698. The second-order valence-corrected chi connectivity index (χ2v) is 5.57. The van der Waals surface area contributed by atoms with Gasteiger partial charge in [-0.25, -0.2) is 0 Å². The third-order valence-electron chi connectivity index (χ3n) is 4.06. The van der Waals surface area contributed by atoms with Crippen LogP contribution in [0.4, 0.5) is 0 Å². The van der Waals surface area contributed by atoms with E-state index in [-0.39, 0.29) is 0 Å². The van der Waals surface area contributed by atoms with Crippen LogP contribution in [0.2, 0.25) is 0 Å². The Morgan fingerprint density at radius 1 is 0.900 bits per heavy atom. The second-order valence-electron chi connectivity index (χ2n) is 5.57. The lowest BCUT2D eigenvalue weighted by Crippen LogP contribution is -2.36. The smallest absolute Gasteiger partial charge is 0.0701 e. The van der Waals surface area contributed by atoms with Gasteiger partial charge in [0.25, 0.3) is 0 Å². The predicted octanol–water partition coefficient (Wildman–Crippen LogP) is 2.61. The van der Waals surface area contributed by atoms with Gasteiger partial charge in [0, 0.05) is 19.8 Å². The van der Waals surface area contributed by atoms with E-state index in [1.165, 1.54) is 38.5 Å². The minimum atomic E-state index is 0.658. The summed E-state index contributed by atoms with van der Waals surface area (Å²) in [5.41, 5.74) is 0. The van der Waals surface area contributed by atoms with Crippen LogP contribution in [0.1, 0.15) is 45.4 Å². The Hall–Kier alpha value is -0.160. The zero-order chi connectivity index (χ0) is 14.5. The monoisotopic (exact) mass is 287 g/mol. The van der Waals surface area contributed by atoms with E-state index in [0.29, 0.717) is 32.5 Å². The summed E-state index contributed by atoms with van der Waals surface area (Å²) in [4.78, 5) is 0. The molecule has 1 saturated carbocycles. The lowest BCUT2D eigenvalue weighted by atomic mass is 9.92. The molecule has 0 aromatic carbocycles. The van der Waals surface area contributed by atoms with Crippen molar-refractivity contribution in [2.45, 2.75) is 51.5 Å². The lowest BCUT2D eigenvalue weighted by molar-refractivity contribution is 0.0206. The third-order valence-corrected chi connectivity index (χ3v) is 4.06. The average molecular weight is 287 g/mol. The minimum absolute atomic E-state index is 0.658. The molecule has 0 bridgehead atoms. The number of methoxy groups -OCH3 is 1. The fraction of sp³-hybridized carbons (Fsp3) is 1.00. The SMILES string of the molecule is CCNC1CCCCCC1CCOCCOCCOC. The van der Waals surface area contributed by atoms with Gasteiger partial charge >= 0.3 is 0 Å². The van der Waals surface area contributed by atoms with Gasteiger partial charge in [-0.15, -0.1) is 0 Å². The van der Waals surface area contributed by atoms with Crippen LogP contribution >= 0.6 is 0 Å². The van der Waals surface area contributed by atoms with E-state index >= 15 is 0 Å². The van der Waals surface area contributed by atoms with Crippen molar-refractivity contribution in [3.8, 4) is 0 Å². The molecule has 1 aliphatic carbocycles. The van der Waals surface area contributed by atoms with Crippen molar-refractivity contribution in [1.82, 2.24) is 5.32 Å². The third kappa shape index (κ3) is 8.20. The topological polar surface area (TPSA) is 39.7 Å². The molecular formula is C16H33NO3. The molecule has 4 nitrogen and oxygen atoms in total. The van der Waals surface area contributed by atoms with Gasteiger partial charge in [-0.2, -0.15) is 0 Å². The Morgan fingerprint density at radius 2 is 1.60 bits per heavy atom. The summed E-state index contributed by atoms with van der Waals surface area (Å²) in [6.07, 6.45) is 8.02. The molecule has 0 amide bonds. The van der Waals surface area contributed by atoms with Gasteiger partial charge in [-0.3, -0.25) is 0 Å². The van der Waals surface area contributed by atoms with Crippen LogP contribution in [0.25, 0.3) is 0 Å². The van der Waals surface area contributed by atoms with Crippen molar-refractivity contribution >= 4 is 0 Å². The van der Waals surface area contributed by atoms with Gasteiger partial charge in [0.05, 0.1) is 26.4 Å². The summed E-state index contributed by atoms with van der Waals surface area (Å²) in [7, 11) is 1.69. The molecular weight excluding hydrogens is 254 g/mol. The predicted molar refractivity (Wildman–Crippen MR) is 82.2 cm³/mol. The first kappa shape index (κ1) is 17.9. The van der Waals surface area contributed by atoms with Crippen LogP contribution in [0.3, 0.4) is 0 Å². The second kappa shape index (κ2) is 12.6. The Morgan fingerprint density at radius 3 is 2.35 bits per heavy atom. The van der Waals surface area contributed by atoms with Crippen LogP contribution < -0.4 is 5.32 Å². The van der Waals surface area contributed by atoms with Crippen molar-refractivity contribution in [3.05, 3.63) is 0 Å². The highest BCUT2D eigenvalue weighted by molar-refractivity contribution is 4.79. The Labute approximate surface area is 124 Å². The van der Waals surface area contributed by atoms with Crippen LogP contribution in [0.5, 0.6) is 0 Å². The van der Waals surface area contributed by atoms with Crippen LogP contribution in [-0.2, 0) is 14.2 Å². The van der Waals surface area contributed by atoms with Crippen molar-refractivity contribution in [2.24, 2.45) is 5.92 Å². The van der Waals surface area contributed by atoms with Gasteiger partial charge in [-0.1, -0.05) is 26.2 Å². The van der Waals surface area contributed by atoms with Gasteiger partial charge in [0.1, 0.15) is 0 Å². The molecule has 0 aromatic rings. The zero-order valence-corrected chi connectivity index (χ0v) is 13.4. The highest BCUT2D eigenvalue weighted by atomic mass is 16.5. The Bertz CT molecular complexity index is 214. The molecule has 20 heavy (non-hydrogen) atoms. The summed E-state index contributed by atoms with van der Waals surface area (Å²) < 4.78 is 16.0. The molecule has 0 saturated heterocycles. The molecule has 1 fully saturated rings. The van der Waals surface area contributed by atoms with Crippen LogP contribution in [-0.4, -0.2) is 52.7 Å². The Kier molecular flexibility index (Phi) is 11.2. The van der Waals surface area contributed by atoms with Crippen LogP contribution in [0.15, 0.2) is 0 Å². The van der Waals surface area contributed by atoms with Gasteiger partial charge < -0.3 is 19.5 Å². The fourth-order valence-corrected chi connectivity index (χ4v) is 2.96. The summed E-state index contributed by atoms with van der Waals surface area (Å²) in [5, 5.41) is 3.66. The summed E-state index contributed by atoms with van der Waals surface area (Å²) in [6.45, 7) is 6.83. The van der Waals surface area contributed by atoms with E-state index in [9.17, 15) is 0 Å². The van der Waals surface area contributed by atoms with Crippen molar-refractivity contribution < 1.29 is 14.2 Å². The first-order valence-corrected chi connectivity index (χ1v) is 8.26. The molecule has 2 unspecified atom stereocenters. The van der Waals surface area contributed by atoms with Crippen LogP contribution in [0, 0.1) is 5.92 Å². The fourth-order valence-electron chi connectivity index (χ4n) is 2.96. The largest absolute Gasteiger partial charge is 0.382 e. The van der Waals surface area contributed by atoms with Gasteiger partial charge in [-0.05, 0) is 31.7 Å². The molecule has 1 rings (SSSR count). The minimum Gasteiger partial charge on any atom is -0.382 e. The molecule has 0 aliphatic heterocycles. The highest BCUT2D eigenvalue weighted by Gasteiger charge is 2.22. The maximum absolute atomic E-state index is 5.69. The summed E-state index contributed by atoms with van der Waals surface area (Å²) >= 11 is 0. The van der Waals surface area contributed by atoms with E-state index in [1.54, 1.807) is 7.11 Å². The quantitative estimate of drug-likeness (QED) is 0.468. The van der Waals surface area contributed by atoms with E-state index in [4.69, 9.17) is 14.2 Å². The van der Waals surface area contributed by atoms with Gasteiger partial charge in [0.15, 0.2) is 0 Å². The number of ether oxygens (including phenoxy) is 3. The molecule has 1 N–H and O–H groups in total. The van der Waals surface area contributed by atoms with E-state index in [0.717, 1.165) is 19.1 Å². The van der Waals surface area contributed by atoms with Crippen molar-refractivity contribution in [1.29, 1.82) is 0 Å². The molecule has 0 aromatic heterocycles. The number of nitrogens with one attached hydrogen (secondary N) is 1. The van der Waals surface area contributed by atoms with Crippen molar-refractivity contribution in [2.75, 3.05) is 46.7 Å². The number of rotatable bonds is 11. The first-order valence-electron chi connectivity index (χ1n) is 8.26. The molecule has 0 spiro atoms. The number of hydrogen-bond acceptors (Lipinski definition) is 4. The van der Waals surface area contributed by atoms with E-state index in [1.807, 2.05) is 0 Å². The maximum Gasteiger partial charge on any atom is 0.0701 e. The molecule has 0 radical (unpaired) electrons. The first-order chi connectivity index (χ1) is 9.88. The highest BCUT2D eigenvalue weighted by Crippen LogP contribution is 2.26. The molecule has 1 aliphatic rings. The normalized spacial score (nSPS) is 23.7. The summed E-state index contributed by atoms with van der Waals surface area (Å²) in [5.74, 6) is 0.784. The Balaban J connectivity index is 2.05. The standard InChI is InChI=1S/C16H33NO3/c1-3-17-16-8-6-4-5-7-15(16)9-10-19-13-14-20-12-11-18-2/h15-17H,3-14H2,1-2H3. The average Bonchev–Trinajstić information content (AvgIpc) is 2.68. The van der Waals surface area contributed by atoms with Crippen molar-refractivity contribution in [3.63, 3.8) is 0 Å². The molecule has 4 heteroatoms.